The standard InChI is InChI=1S/C8H10ClPS2/c1-10(2,11)12-8-5-3-7(9)4-6-8/h3-6H,1-2H3. The molecule has 0 saturated carbocycles. The molecule has 0 aliphatic rings. The van der Waals surface area contributed by atoms with Crippen molar-refractivity contribution in [3.05, 3.63) is 29.3 Å². The number of benzene rings is 1. The zero-order valence-electron chi connectivity index (χ0n) is 6.95. The molecule has 0 atom stereocenters. The molecular weight excluding hydrogens is 227 g/mol. The van der Waals surface area contributed by atoms with E-state index in [-0.39, 0.29) is 0 Å². The Morgan fingerprint density at radius 2 is 1.75 bits per heavy atom. The Kier molecular flexibility index (Phi) is 3.66. The van der Waals surface area contributed by atoms with Crippen LogP contribution < -0.4 is 0 Å². The molecular formula is C8H10ClPS2. The average Bonchev–Trinajstić information content (AvgIpc) is 1.91. The van der Waals surface area contributed by atoms with Crippen molar-refractivity contribution in [2.45, 2.75) is 4.90 Å². The van der Waals surface area contributed by atoms with Crippen LogP contribution in [-0.4, -0.2) is 13.3 Å². The van der Waals surface area contributed by atoms with Crippen LogP contribution in [0.4, 0.5) is 0 Å². The first-order valence-corrected chi connectivity index (χ1v) is 8.97. The normalized spacial score (nSPS) is 11.6. The van der Waals surface area contributed by atoms with Crippen molar-refractivity contribution < 1.29 is 0 Å². The number of hydrogen-bond donors (Lipinski definition) is 0. The number of halogens is 1. The third kappa shape index (κ3) is 3.95. The molecule has 0 spiro atoms. The highest BCUT2D eigenvalue weighted by Crippen LogP contribution is 2.55. The lowest BCUT2D eigenvalue weighted by molar-refractivity contribution is 1.48. The molecule has 0 amide bonds. The quantitative estimate of drug-likeness (QED) is 0.710. The van der Waals surface area contributed by atoms with E-state index in [4.69, 9.17) is 23.4 Å². The van der Waals surface area contributed by atoms with Gasteiger partial charge in [0.25, 0.3) is 0 Å². The first-order valence-electron chi connectivity index (χ1n) is 3.47. The lowest BCUT2D eigenvalue weighted by Crippen LogP contribution is -1.70. The van der Waals surface area contributed by atoms with E-state index in [9.17, 15) is 0 Å². The van der Waals surface area contributed by atoms with Gasteiger partial charge in [-0.3, -0.25) is 0 Å². The fourth-order valence-electron chi connectivity index (χ4n) is 0.749. The molecule has 0 aliphatic carbocycles. The van der Waals surface area contributed by atoms with Gasteiger partial charge in [-0.2, -0.15) is 0 Å². The van der Waals surface area contributed by atoms with Gasteiger partial charge in [0.2, 0.25) is 0 Å². The first-order chi connectivity index (χ1) is 5.47. The summed E-state index contributed by atoms with van der Waals surface area (Å²) in [6.07, 6.45) is 0. The second kappa shape index (κ2) is 4.15. The molecule has 0 saturated heterocycles. The van der Waals surface area contributed by atoms with Crippen LogP contribution in [0.15, 0.2) is 29.2 Å². The Hall–Kier alpha value is 0.510. The van der Waals surface area contributed by atoms with Crippen LogP contribution in [-0.2, 0) is 11.8 Å². The Labute approximate surface area is 87.5 Å². The molecule has 1 aromatic rings. The summed E-state index contributed by atoms with van der Waals surface area (Å²) in [5.74, 6) is 0. The molecule has 0 unspecified atom stereocenters. The Morgan fingerprint density at radius 3 is 2.17 bits per heavy atom. The van der Waals surface area contributed by atoms with Gasteiger partial charge < -0.3 is 0 Å². The highest BCUT2D eigenvalue weighted by Gasteiger charge is 2.03. The van der Waals surface area contributed by atoms with E-state index >= 15 is 0 Å². The Bertz CT molecular complexity index is 301. The summed E-state index contributed by atoms with van der Waals surface area (Å²) in [5, 5.41) is -0.418. The van der Waals surface area contributed by atoms with Crippen molar-refractivity contribution in [1.29, 1.82) is 0 Å². The monoisotopic (exact) mass is 236 g/mol. The zero-order chi connectivity index (χ0) is 9.19. The molecule has 0 N–H and O–H groups in total. The van der Waals surface area contributed by atoms with E-state index in [1.807, 2.05) is 24.3 Å². The van der Waals surface area contributed by atoms with Crippen LogP contribution in [0.2, 0.25) is 5.02 Å². The van der Waals surface area contributed by atoms with E-state index < -0.39 is 5.24 Å². The summed E-state index contributed by atoms with van der Waals surface area (Å²) in [5.41, 5.74) is 0. The highest BCUT2D eigenvalue weighted by atomic mass is 35.5. The second-order valence-corrected chi connectivity index (χ2v) is 13.1. The van der Waals surface area contributed by atoms with E-state index in [1.54, 1.807) is 11.4 Å². The highest BCUT2D eigenvalue weighted by molar-refractivity contribution is 8.70. The lowest BCUT2D eigenvalue weighted by Gasteiger charge is -2.08. The maximum absolute atomic E-state index is 5.76. The first kappa shape index (κ1) is 10.6. The van der Waals surface area contributed by atoms with Gasteiger partial charge in [-0.05, 0) is 37.6 Å². The van der Waals surface area contributed by atoms with Crippen molar-refractivity contribution in [2.24, 2.45) is 0 Å². The van der Waals surface area contributed by atoms with E-state index in [1.165, 1.54) is 4.90 Å². The fourth-order valence-corrected chi connectivity index (χ4v) is 4.30. The van der Waals surface area contributed by atoms with Gasteiger partial charge in [-0.1, -0.05) is 34.8 Å². The van der Waals surface area contributed by atoms with Gasteiger partial charge in [0, 0.05) is 15.2 Å². The molecule has 0 nitrogen and oxygen atoms in total. The van der Waals surface area contributed by atoms with E-state index in [2.05, 4.69) is 13.3 Å². The number of hydrogen-bond acceptors (Lipinski definition) is 2. The molecule has 0 fully saturated rings. The maximum atomic E-state index is 5.76. The van der Waals surface area contributed by atoms with Crippen LogP contribution in [0.25, 0.3) is 0 Å². The Balaban J connectivity index is 2.78. The Morgan fingerprint density at radius 1 is 1.25 bits per heavy atom. The molecule has 66 valence electrons. The minimum absolute atomic E-state index is 0.778. The van der Waals surface area contributed by atoms with Crippen LogP contribution in [0.3, 0.4) is 0 Å². The van der Waals surface area contributed by atoms with Gasteiger partial charge >= 0.3 is 0 Å². The van der Waals surface area contributed by atoms with Crippen LogP contribution in [0.5, 0.6) is 0 Å². The smallest absolute Gasteiger partial charge is 0.0406 e. The van der Waals surface area contributed by atoms with Gasteiger partial charge in [0.05, 0.1) is 0 Å². The molecule has 12 heavy (non-hydrogen) atoms. The van der Waals surface area contributed by atoms with Gasteiger partial charge in [0.1, 0.15) is 0 Å². The predicted molar refractivity (Wildman–Crippen MR) is 63.4 cm³/mol. The molecule has 0 bridgehead atoms. The molecule has 1 rings (SSSR count). The zero-order valence-corrected chi connectivity index (χ0v) is 10.2. The molecule has 4 heteroatoms. The third-order valence-electron chi connectivity index (χ3n) is 1.14. The molecule has 0 aromatic heterocycles. The largest absolute Gasteiger partial charge is 0.0888 e. The van der Waals surface area contributed by atoms with Crippen molar-refractivity contribution in [2.75, 3.05) is 13.3 Å². The molecule has 0 heterocycles. The third-order valence-corrected chi connectivity index (χ3v) is 4.94. The lowest BCUT2D eigenvalue weighted by atomic mass is 10.4. The summed E-state index contributed by atoms with van der Waals surface area (Å²) in [6.45, 7) is 4.25. The summed E-state index contributed by atoms with van der Waals surface area (Å²) < 4.78 is 0. The minimum Gasteiger partial charge on any atom is -0.0888 e. The minimum atomic E-state index is -1.20. The predicted octanol–water partition coefficient (Wildman–Crippen LogP) is 4.09. The molecule has 0 radical (unpaired) electrons. The van der Waals surface area contributed by atoms with Crippen molar-refractivity contribution in [1.82, 2.24) is 0 Å². The van der Waals surface area contributed by atoms with Crippen LogP contribution in [0.1, 0.15) is 0 Å². The van der Waals surface area contributed by atoms with Gasteiger partial charge in [-0.25, -0.2) is 0 Å². The van der Waals surface area contributed by atoms with Gasteiger partial charge in [-0.15, -0.1) is 0 Å². The maximum Gasteiger partial charge on any atom is 0.0406 e. The van der Waals surface area contributed by atoms with E-state index in [0.29, 0.717) is 0 Å². The average molecular weight is 237 g/mol. The molecule has 0 aliphatic heterocycles. The fraction of sp³-hybridized carbons (Fsp3) is 0.250. The molecule has 1 aromatic carbocycles. The van der Waals surface area contributed by atoms with Crippen molar-refractivity contribution in [3.8, 4) is 0 Å². The summed E-state index contributed by atoms with van der Waals surface area (Å²) in [7, 11) is 0. The summed E-state index contributed by atoms with van der Waals surface area (Å²) in [4.78, 5) is 1.22. The van der Waals surface area contributed by atoms with Gasteiger partial charge in [0.15, 0.2) is 0 Å². The van der Waals surface area contributed by atoms with Crippen molar-refractivity contribution >= 4 is 40.0 Å². The van der Waals surface area contributed by atoms with E-state index in [0.717, 1.165) is 5.02 Å². The SMILES string of the molecule is CP(C)(=S)Sc1ccc(Cl)cc1. The number of rotatable bonds is 2. The van der Waals surface area contributed by atoms with Crippen molar-refractivity contribution in [3.63, 3.8) is 0 Å². The second-order valence-electron chi connectivity index (χ2n) is 2.80. The summed E-state index contributed by atoms with van der Waals surface area (Å²) in [6, 6.07) is 7.83. The topological polar surface area (TPSA) is 0 Å². The van der Waals surface area contributed by atoms with Crippen LogP contribution in [0, 0.1) is 0 Å². The van der Waals surface area contributed by atoms with Crippen LogP contribution >= 0.6 is 28.2 Å². The summed E-state index contributed by atoms with van der Waals surface area (Å²) >= 11 is 12.9.